The highest BCUT2D eigenvalue weighted by Crippen LogP contribution is 2.36. The Kier molecular flexibility index (Phi) is 3.83. The number of carbonyl (C=O) groups excluding carboxylic acids is 1. The molecule has 2 amide bonds. The number of fused-ring (bicyclic) bond motifs is 1. The van der Waals surface area contributed by atoms with Crippen molar-refractivity contribution in [2.24, 2.45) is 11.8 Å². The number of likely N-dealkylation sites (tertiary alicyclic amines) is 1. The Morgan fingerprint density at radius 1 is 1.15 bits per heavy atom. The Labute approximate surface area is 118 Å². The minimum Gasteiger partial charge on any atom is -0.481 e. The Morgan fingerprint density at radius 3 is 2.75 bits per heavy atom. The molecule has 4 atom stereocenters. The Balaban J connectivity index is 1.60. The average molecular weight is 282 g/mol. The maximum absolute atomic E-state index is 12.4. The zero-order chi connectivity index (χ0) is 14.1. The van der Waals surface area contributed by atoms with Gasteiger partial charge in [-0.2, -0.15) is 0 Å². The summed E-state index contributed by atoms with van der Waals surface area (Å²) < 4.78 is 5.19. The molecule has 0 aromatic heterocycles. The third-order valence-electron chi connectivity index (χ3n) is 4.98. The number of amides is 2. The fourth-order valence-corrected chi connectivity index (χ4v) is 3.84. The van der Waals surface area contributed by atoms with E-state index < -0.39 is 17.9 Å². The number of rotatable bonds is 2. The average Bonchev–Trinajstić information content (AvgIpc) is 3.04. The SMILES string of the molecule is O=C(O)C1COCC1NC(=O)N1CCC2CCCCC21. The summed E-state index contributed by atoms with van der Waals surface area (Å²) in [5, 5.41) is 12.0. The predicted molar refractivity (Wildman–Crippen MR) is 71.3 cm³/mol. The highest BCUT2D eigenvalue weighted by Gasteiger charge is 2.41. The van der Waals surface area contributed by atoms with Crippen molar-refractivity contribution < 1.29 is 19.4 Å². The largest absolute Gasteiger partial charge is 0.481 e. The van der Waals surface area contributed by atoms with Crippen LogP contribution in [0, 0.1) is 11.8 Å². The van der Waals surface area contributed by atoms with Crippen molar-refractivity contribution in [3.05, 3.63) is 0 Å². The first kappa shape index (κ1) is 13.7. The van der Waals surface area contributed by atoms with E-state index in [1.165, 1.54) is 19.3 Å². The van der Waals surface area contributed by atoms with Gasteiger partial charge in [-0.15, -0.1) is 0 Å². The van der Waals surface area contributed by atoms with Gasteiger partial charge in [-0.1, -0.05) is 12.8 Å². The normalized spacial score (nSPS) is 36.7. The maximum Gasteiger partial charge on any atom is 0.317 e. The van der Waals surface area contributed by atoms with Gasteiger partial charge in [0.15, 0.2) is 0 Å². The number of nitrogens with zero attached hydrogens (tertiary/aromatic N) is 1. The van der Waals surface area contributed by atoms with E-state index >= 15 is 0 Å². The van der Waals surface area contributed by atoms with Crippen molar-refractivity contribution in [3.63, 3.8) is 0 Å². The third-order valence-corrected chi connectivity index (χ3v) is 4.98. The van der Waals surface area contributed by atoms with Gasteiger partial charge in [0.1, 0.15) is 5.92 Å². The first-order valence-corrected chi connectivity index (χ1v) is 7.54. The number of hydrogen-bond donors (Lipinski definition) is 2. The highest BCUT2D eigenvalue weighted by molar-refractivity contribution is 5.77. The van der Waals surface area contributed by atoms with Crippen LogP contribution < -0.4 is 5.32 Å². The van der Waals surface area contributed by atoms with Crippen molar-refractivity contribution in [3.8, 4) is 0 Å². The van der Waals surface area contributed by atoms with Gasteiger partial charge < -0.3 is 20.1 Å². The lowest BCUT2D eigenvalue weighted by molar-refractivity contribution is -0.142. The van der Waals surface area contributed by atoms with Gasteiger partial charge in [0.25, 0.3) is 0 Å². The summed E-state index contributed by atoms with van der Waals surface area (Å²) in [7, 11) is 0. The minimum absolute atomic E-state index is 0.110. The van der Waals surface area contributed by atoms with Gasteiger partial charge in [0.2, 0.25) is 0 Å². The molecule has 112 valence electrons. The summed E-state index contributed by atoms with van der Waals surface area (Å²) in [5.41, 5.74) is 0. The second kappa shape index (κ2) is 5.60. The Morgan fingerprint density at radius 2 is 1.95 bits per heavy atom. The summed E-state index contributed by atoms with van der Waals surface area (Å²) in [6.45, 7) is 1.28. The van der Waals surface area contributed by atoms with E-state index in [0.29, 0.717) is 18.6 Å². The number of ether oxygens (including phenoxy) is 1. The van der Waals surface area contributed by atoms with E-state index in [1.54, 1.807) is 0 Å². The van der Waals surface area contributed by atoms with E-state index in [-0.39, 0.29) is 12.6 Å². The Bertz CT molecular complexity index is 401. The van der Waals surface area contributed by atoms with Crippen LogP contribution in [0.15, 0.2) is 0 Å². The fraction of sp³-hybridized carbons (Fsp3) is 0.857. The molecule has 0 radical (unpaired) electrons. The number of carboxylic acids is 1. The topological polar surface area (TPSA) is 78.9 Å². The first-order chi connectivity index (χ1) is 9.66. The molecule has 2 saturated heterocycles. The highest BCUT2D eigenvalue weighted by atomic mass is 16.5. The molecule has 3 rings (SSSR count). The molecule has 4 unspecified atom stereocenters. The van der Waals surface area contributed by atoms with Crippen LogP contribution >= 0.6 is 0 Å². The molecule has 0 spiro atoms. The Hall–Kier alpha value is -1.30. The molecule has 3 aliphatic rings. The van der Waals surface area contributed by atoms with Gasteiger partial charge >= 0.3 is 12.0 Å². The van der Waals surface area contributed by atoms with Crippen molar-refractivity contribution in [1.82, 2.24) is 10.2 Å². The second-order valence-corrected chi connectivity index (χ2v) is 6.13. The molecular weight excluding hydrogens is 260 g/mol. The van der Waals surface area contributed by atoms with Crippen molar-refractivity contribution in [2.45, 2.75) is 44.2 Å². The lowest BCUT2D eigenvalue weighted by Gasteiger charge is -2.32. The van der Waals surface area contributed by atoms with Crippen molar-refractivity contribution >= 4 is 12.0 Å². The molecule has 0 aromatic carbocycles. The van der Waals surface area contributed by atoms with Crippen LogP contribution in [0.3, 0.4) is 0 Å². The summed E-state index contributed by atoms with van der Waals surface area (Å²) in [6, 6.07) is -0.154. The molecule has 6 nitrogen and oxygen atoms in total. The molecule has 2 N–H and O–H groups in total. The van der Waals surface area contributed by atoms with Crippen LogP contribution in [0.25, 0.3) is 0 Å². The van der Waals surface area contributed by atoms with Crippen LogP contribution in [-0.4, -0.2) is 53.8 Å². The maximum atomic E-state index is 12.4. The van der Waals surface area contributed by atoms with Gasteiger partial charge in [-0.25, -0.2) is 4.79 Å². The summed E-state index contributed by atoms with van der Waals surface area (Å²) >= 11 is 0. The number of urea groups is 1. The van der Waals surface area contributed by atoms with Gasteiger partial charge in [0.05, 0.1) is 19.3 Å². The summed E-state index contributed by atoms with van der Waals surface area (Å²) in [6.07, 6.45) is 5.85. The van der Waals surface area contributed by atoms with Gasteiger partial charge in [-0.05, 0) is 25.2 Å². The lowest BCUT2D eigenvalue weighted by atomic mass is 9.85. The zero-order valence-corrected chi connectivity index (χ0v) is 11.6. The smallest absolute Gasteiger partial charge is 0.317 e. The summed E-state index contributed by atoms with van der Waals surface area (Å²) in [5.74, 6) is -0.877. The van der Waals surface area contributed by atoms with Crippen LogP contribution in [0.4, 0.5) is 4.79 Å². The second-order valence-electron chi connectivity index (χ2n) is 6.13. The molecule has 0 aromatic rings. The number of hydrogen-bond acceptors (Lipinski definition) is 3. The van der Waals surface area contributed by atoms with E-state index in [0.717, 1.165) is 19.4 Å². The van der Waals surface area contributed by atoms with Crippen molar-refractivity contribution in [1.29, 1.82) is 0 Å². The minimum atomic E-state index is -0.898. The quantitative estimate of drug-likeness (QED) is 0.794. The number of aliphatic carboxylic acids is 1. The monoisotopic (exact) mass is 282 g/mol. The van der Waals surface area contributed by atoms with E-state index in [4.69, 9.17) is 9.84 Å². The molecule has 1 saturated carbocycles. The van der Waals surface area contributed by atoms with Crippen LogP contribution in [0.5, 0.6) is 0 Å². The van der Waals surface area contributed by atoms with Gasteiger partial charge in [0, 0.05) is 12.6 Å². The molecule has 3 fully saturated rings. The molecule has 1 aliphatic carbocycles. The molecule has 2 heterocycles. The van der Waals surface area contributed by atoms with E-state index in [2.05, 4.69) is 5.32 Å². The molecule has 2 aliphatic heterocycles. The number of carboxylic acid groups (broad SMARTS) is 1. The molecular formula is C14H22N2O4. The standard InChI is InChI=1S/C14H22N2O4/c17-13(18)10-7-20-8-11(10)15-14(19)16-6-5-9-3-1-2-4-12(9)16/h9-12H,1-8H2,(H,15,19)(H,17,18). The van der Waals surface area contributed by atoms with Crippen LogP contribution in [0.2, 0.25) is 0 Å². The van der Waals surface area contributed by atoms with Crippen LogP contribution in [-0.2, 0) is 9.53 Å². The zero-order valence-electron chi connectivity index (χ0n) is 11.6. The fourth-order valence-electron chi connectivity index (χ4n) is 3.84. The number of nitrogens with one attached hydrogen (secondary N) is 1. The van der Waals surface area contributed by atoms with Crippen molar-refractivity contribution in [2.75, 3.05) is 19.8 Å². The summed E-state index contributed by atoms with van der Waals surface area (Å²) in [4.78, 5) is 25.4. The van der Waals surface area contributed by atoms with E-state index in [9.17, 15) is 9.59 Å². The lowest BCUT2D eigenvalue weighted by Crippen LogP contribution is -2.51. The van der Waals surface area contributed by atoms with Gasteiger partial charge in [-0.3, -0.25) is 4.79 Å². The molecule has 20 heavy (non-hydrogen) atoms. The third kappa shape index (κ3) is 2.49. The van der Waals surface area contributed by atoms with Crippen LogP contribution in [0.1, 0.15) is 32.1 Å². The van der Waals surface area contributed by atoms with E-state index in [1.807, 2.05) is 4.90 Å². The predicted octanol–water partition coefficient (Wildman–Crippen LogP) is 1.06. The molecule has 0 bridgehead atoms. The first-order valence-electron chi connectivity index (χ1n) is 7.54. The molecule has 6 heteroatoms. The number of carbonyl (C=O) groups is 2.